The lowest BCUT2D eigenvalue weighted by Gasteiger charge is -2.23. The third kappa shape index (κ3) is 2.10. The maximum Gasteiger partial charge on any atom is 0.124 e. The van der Waals surface area contributed by atoms with E-state index in [1.165, 1.54) is 5.56 Å². The second kappa shape index (κ2) is 4.53. The van der Waals surface area contributed by atoms with E-state index < -0.39 is 0 Å². The number of anilines is 1. The molecule has 0 spiro atoms. The Morgan fingerprint density at radius 2 is 2.16 bits per heavy atom. The first-order valence-electron chi connectivity index (χ1n) is 6.94. The quantitative estimate of drug-likeness (QED) is 0.556. The van der Waals surface area contributed by atoms with Crippen molar-refractivity contribution >= 4 is 11.5 Å². The highest BCUT2D eigenvalue weighted by molar-refractivity contribution is 6.00. The minimum Gasteiger partial charge on any atom is -0.393 e. The number of fused-ring (bicyclic) bond motifs is 1. The van der Waals surface area contributed by atoms with E-state index in [4.69, 9.17) is 11.1 Å². The molecule has 0 aromatic heterocycles. The van der Waals surface area contributed by atoms with Gasteiger partial charge in [0.15, 0.2) is 0 Å². The molecule has 2 fully saturated rings. The van der Waals surface area contributed by atoms with Crippen molar-refractivity contribution in [1.29, 1.82) is 5.41 Å². The average Bonchev–Trinajstić information content (AvgIpc) is 2.91. The Morgan fingerprint density at radius 3 is 2.84 bits per heavy atom. The molecule has 1 aliphatic carbocycles. The maximum absolute atomic E-state index is 10.0. The van der Waals surface area contributed by atoms with Crippen molar-refractivity contribution in [2.45, 2.75) is 25.9 Å². The van der Waals surface area contributed by atoms with Gasteiger partial charge in [-0.1, -0.05) is 6.07 Å². The molecule has 3 unspecified atom stereocenters. The number of aryl methyl sites for hydroxylation is 1. The molecule has 1 saturated carbocycles. The Morgan fingerprint density at radius 1 is 1.37 bits per heavy atom. The molecule has 0 amide bonds. The van der Waals surface area contributed by atoms with E-state index in [1.54, 1.807) is 0 Å². The number of aliphatic hydroxyl groups is 1. The van der Waals surface area contributed by atoms with Gasteiger partial charge in [0.05, 0.1) is 6.10 Å². The summed E-state index contributed by atoms with van der Waals surface area (Å²) in [5.74, 6) is 1.10. The second-order valence-corrected chi connectivity index (χ2v) is 5.91. The molecule has 1 saturated heterocycles. The SMILES string of the molecule is Cc1ccc(C(=N)N)c(N2CC3CCC(O)C3C2)c1. The van der Waals surface area contributed by atoms with Crippen LogP contribution >= 0.6 is 0 Å². The van der Waals surface area contributed by atoms with Gasteiger partial charge in [-0.05, 0) is 43.4 Å². The summed E-state index contributed by atoms with van der Waals surface area (Å²) in [4.78, 5) is 2.29. The van der Waals surface area contributed by atoms with Gasteiger partial charge >= 0.3 is 0 Å². The average molecular weight is 259 g/mol. The van der Waals surface area contributed by atoms with Gasteiger partial charge in [-0.25, -0.2) is 0 Å². The molecule has 4 nitrogen and oxygen atoms in total. The van der Waals surface area contributed by atoms with Gasteiger partial charge < -0.3 is 15.7 Å². The molecular weight excluding hydrogens is 238 g/mol. The third-order valence-corrected chi connectivity index (χ3v) is 4.60. The van der Waals surface area contributed by atoms with Crippen molar-refractivity contribution in [1.82, 2.24) is 0 Å². The van der Waals surface area contributed by atoms with Crippen LogP contribution in [-0.2, 0) is 0 Å². The van der Waals surface area contributed by atoms with Crippen LogP contribution in [0.3, 0.4) is 0 Å². The Hall–Kier alpha value is -1.55. The maximum atomic E-state index is 10.0. The molecule has 4 N–H and O–H groups in total. The van der Waals surface area contributed by atoms with Crippen molar-refractivity contribution in [3.05, 3.63) is 29.3 Å². The number of nitrogens with one attached hydrogen (secondary N) is 1. The number of amidine groups is 1. The van der Waals surface area contributed by atoms with Crippen LogP contribution in [-0.4, -0.2) is 30.1 Å². The fourth-order valence-corrected chi connectivity index (χ4v) is 3.56. The highest BCUT2D eigenvalue weighted by Gasteiger charge is 2.42. The first kappa shape index (κ1) is 12.5. The molecule has 19 heavy (non-hydrogen) atoms. The van der Waals surface area contributed by atoms with Crippen LogP contribution in [0.25, 0.3) is 0 Å². The molecule has 4 heteroatoms. The van der Waals surface area contributed by atoms with Crippen LogP contribution in [0.15, 0.2) is 18.2 Å². The number of aliphatic hydroxyl groups excluding tert-OH is 1. The highest BCUT2D eigenvalue weighted by Crippen LogP contribution is 2.40. The molecule has 0 bridgehead atoms. The molecule has 1 heterocycles. The zero-order chi connectivity index (χ0) is 13.6. The summed E-state index contributed by atoms with van der Waals surface area (Å²) in [7, 11) is 0. The lowest BCUT2D eigenvalue weighted by atomic mass is 10.00. The molecule has 3 atom stereocenters. The Labute approximate surface area is 113 Å². The molecule has 1 aromatic carbocycles. The van der Waals surface area contributed by atoms with Crippen LogP contribution in [0.1, 0.15) is 24.0 Å². The van der Waals surface area contributed by atoms with E-state index in [0.29, 0.717) is 11.8 Å². The van der Waals surface area contributed by atoms with Gasteiger partial charge in [-0.2, -0.15) is 0 Å². The first-order chi connectivity index (χ1) is 9.06. The van der Waals surface area contributed by atoms with Crippen LogP contribution in [0, 0.1) is 24.2 Å². The van der Waals surface area contributed by atoms with Gasteiger partial charge in [-0.3, -0.25) is 5.41 Å². The van der Waals surface area contributed by atoms with Crippen LogP contribution in [0.2, 0.25) is 0 Å². The van der Waals surface area contributed by atoms with E-state index in [2.05, 4.69) is 17.9 Å². The van der Waals surface area contributed by atoms with Gasteiger partial charge in [0.2, 0.25) is 0 Å². The monoisotopic (exact) mass is 259 g/mol. The number of hydrogen-bond donors (Lipinski definition) is 3. The van der Waals surface area contributed by atoms with Crippen LogP contribution < -0.4 is 10.6 Å². The smallest absolute Gasteiger partial charge is 0.124 e. The number of rotatable bonds is 2. The Kier molecular flexibility index (Phi) is 2.97. The lowest BCUT2D eigenvalue weighted by Crippen LogP contribution is -2.27. The van der Waals surface area contributed by atoms with Crippen molar-refractivity contribution in [2.75, 3.05) is 18.0 Å². The van der Waals surface area contributed by atoms with Gasteiger partial charge in [-0.15, -0.1) is 0 Å². The first-order valence-corrected chi connectivity index (χ1v) is 6.94. The zero-order valence-electron chi connectivity index (χ0n) is 11.3. The minimum atomic E-state index is -0.152. The molecule has 3 rings (SSSR count). The molecule has 1 aliphatic heterocycles. The normalized spacial score (nSPS) is 29.6. The summed E-state index contributed by atoms with van der Waals surface area (Å²) in [5.41, 5.74) is 8.72. The van der Waals surface area contributed by atoms with Gasteiger partial charge in [0.25, 0.3) is 0 Å². The highest BCUT2D eigenvalue weighted by atomic mass is 16.3. The molecule has 102 valence electrons. The lowest BCUT2D eigenvalue weighted by molar-refractivity contribution is 0.133. The number of benzene rings is 1. The topological polar surface area (TPSA) is 73.3 Å². The largest absolute Gasteiger partial charge is 0.393 e. The molecule has 0 radical (unpaired) electrons. The summed E-state index contributed by atoms with van der Waals surface area (Å²) < 4.78 is 0. The van der Waals surface area contributed by atoms with E-state index >= 15 is 0 Å². The number of nitrogens with two attached hydrogens (primary N) is 1. The van der Waals surface area contributed by atoms with E-state index in [-0.39, 0.29) is 11.9 Å². The Balaban J connectivity index is 1.91. The van der Waals surface area contributed by atoms with Crippen molar-refractivity contribution < 1.29 is 5.11 Å². The van der Waals surface area contributed by atoms with Crippen molar-refractivity contribution in [3.8, 4) is 0 Å². The minimum absolute atomic E-state index is 0.118. The van der Waals surface area contributed by atoms with Crippen LogP contribution in [0.4, 0.5) is 5.69 Å². The summed E-state index contributed by atoms with van der Waals surface area (Å²) in [6, 6.07) is 6.02. The Bertz CT molecular complexity index is 514. The van der Waals surface area contributed by atoms with Crippen LogP contribution in [0.5, 0.6) is 0 Å². The molecular formula is C15H21N3O. The van der Waals surface area contributed by atoms with Gasteiger partial charge in [0.1, 0.15) is 5.84 Å². The van der Waals surface area contributed by atoms with E-state index in [9.17, 15) is 5.11 Å². The predicted octanol–water partition coefficient (Wildman–Crippen LogP) is 1.49. The molecule has 2 aliphatic rings. The summed E-state index contributed by atoms with van der Waals surface area (Å²) in [5, 5.41) is 17.7. The standard InChI is InChI=1S/C15H21N3O/c1-9-2-4-11(15(16)17)13(6-9)18-7-10-3-5-14(19)12(10)8-18/h2,4,6,10,12,14,19H,3,5,7-8H2,1H3,(H3,16,17). The molecule has 1 aromatic rings. The third-order valence-electron chi connectivity index (χ3n) is 4.60. The summed E-state index contributed by atoms with van der Waals surface area (Å²) in [6.45, 7) is 3.92. The summed E-state index contributed by atoms with van der Waals surface area (Å²) >= 11 is 0. The zero-order valence-corrected chi connectivity index (χ0v) is 11.3. The fraction of sp³-hybridized carbons (Fsp3) is 0.533. The number of nitrogen functional groups attached to an aromatic ring is 1. The fourth-order valence-electron chi connectivity index (χ4n) is 3.56. The van der Waals surface area contributed by atoms with Crippen molar-refractivity contribution in [2.24, 2.45) is 17.6 Å². The number of hydrogen-bond acceptors (Lipinski definition) is 3. The summed E-state index contributed by atoms with van der Waals surface area (Å²) in [6.07, 6.45) is 1.90. The van der Waals surface area contributed by atoms with Crippen molar-refractivity contribution in [3.63, 3.8) is 0 Å². The predicted molar refractivity (Wildman–Crippen MR) is 76.6 cm³/mol. The van der Waals surface area contributed by atoms with E-state index in [0.717, 1.165) is 37.2 Å². The number of nitrogens with zero attached hydrogens (tertiary/aromatic N) is 1. The van der Waals surface area contributed by atoms with Gasteiger partial charge in [0, 0.05) is 30.3 Å². The second-order valence-electron chi connectivity index (χ2n) is 5.91. The van der Waals surface area contributed by atoms with E-state index in [1.807, 2.05) is 12.1 Å².